The van der Waals surface area contributed by atoms with Gasteiger partial charge in [0.25, 0.3) is 5.91 Å². The highest BCUT2D eigenvalue weighted by Gasteiger charge is 2.16. The van der Waals surface area contributed by atoms with Gasteiger partial charge in [-0.15, -0.1) is 23.1 Å². The Hall–Kier alpha value is -3.95. The van der Waals surface area contributed by atoms with Gasteiger partial charge in [-0.3, -0.25) is 9.59 Å². The van der Waals surface area contributed by atoms with Gasteiger partial charge in [-0.25, -0.2) is 9.78 Å². The van der Waals surface area contributed by atoms with E-state index in [9.17, 15) is 19.5 Å². The SMILES string of the molecule is O=C(CSc1cccc(NC(=O)c2ccccc2C(=O)O)c1)Nc1nc(-c2ccccc2)cs1. The molecule has 34 heavy (non-hydrogen) atoms. The van der Waals surface area contributed by atoms with Crippen LogP contribution in [0.5, 0.6) is 0 Å². The van der Waals surface area contributed by atoms with Crippen LogP contribution in [-0.4, -0.2) is 33.6 Å². The van der Waals surface area contributed by atoms with Crippen LogP contribution in [0.25, 0.3) is 11.3 Å². The summed E-state index contributed by atoms with van der Waals surface area (Å²) in [5.41, 5.74) is 2.30. The van der Waals surface area contributed by atoms with Crippen LogP contribution in [0, 0.1) is 0 Å². The van der Waals surface area contributed by atoms with Crippen molar-refractivity contribution < 1.29 is 19.5 Å². The Bertz CT molecular complexity index is 1340. The molecule has 0 saturated heterocycles. The summed E-state index contributed by atoms with van der Waals surface area (Å²) < 4.78 is 0. The molecule has 0 aliphatic heterocycles. The molecule has 0 aliphatic rings. The molecule has 2 amide bonds. The van der Waals surface area contributed by atoms with Crippen molar-refractivity contribution in [1.29, 1.82) is 0 Å². The Morgan fingerprint density at radius 3 is 2.38 bits per heavy atom. The van der Waals surface area contributed by atoms with E-state index in [4.69, 9.17) is 0 Å². The number of amides is 2. The number of hydrogen-bond acceptors (Lipinski definition) is 6. The van der Waals surface area contributed by atoms with Gasteiger partial charge in [0.1, 0.15) is 0 Å². The first-order valence-corrected chi connectivity index (χ1v) is 12.0. The lowest BCUT2D eigenvalue weighted by Crippen LogP contribution is -2.16. The Labute approximate surface area is 203 Å². The monoisotopic (exact) mass is 489 g/mol. The minimum absolute atomic E-state index is 0.0696. The van der Waals surface area contributed by atoms with Crippen molar-refractivity contribution in [3.63, 3.8) is 0 Å². The maximum atomic E-state index is 12.6. The van der Waals surface area contributed by atoms with E-state index in [0.717, 1.165) is 16.2 Å². The number of nitrogens with zero attached hydrogens (tertiary/aromatic N) is 1. The number of carboxylic acids is 1. The molecule has 0 radical (unpaired) electrons. The summed E-state index contributed by atoms with van der Waals surface area (Å²) in [5, 5.41) is 17.2. The lowest BCUT2D eigenvalue weighted by atomic mass is 10.1. The molecule has 0 unspecified atom stereocenters. The molecule has 170 valence electrons. The number of benzene rings is 3. The second-order valence-electron chi connectivity index (χ2n) is 7.07. The van der Waals surface area contributed by atoms with E-state index in [0.29, 0.717) is 10.8 Å². The maximum Gasteiger partial charge on any atom is 0.336 e. The summed E-state index contributed by atoms with van der Waals surface area (Å²) in [6, 6.07) is 22.8. The Morgan fingerprint density at radius 2 is 1.62 bits per heavy atom. The van der Waals surface area contributed by atoms with Crippen molar-refractivity contribution in [2.45, 2.75) is 4.90 Å². The van der Waals surface area contributed by atoms with Gasteiger partial charge in [-0.1, -0.05) is 48.5 Å². The highest BCUT2D eigenvalue weighted by molar-refractivity contribution is 8.00. The van der Waals surface area contributed by atoms with Gasteiger partial charge in [0, 0.05) is 21.5 Å². The first-order valence-electron chi connectivity index (χ1n) is 10.2. The summed E-state index contributed by atoms with van der Waals surface area (Å²) in [5.74, 6) is -1.71. The lowest BCUT2D eigenvalue weighted by Gasteiger charge is -2.09. The normalized spacial score (nSPS) is 10.5. The van der Waals surface area contributed by atoms with Crippen LogP contribution in [0.15, 0.2) is 89.1 Å². The van der Waals surface area contributed by atoms with Gasteiger partial charge in [-0.05, 0) is 30.3 Å². The van der Waals surface area contributed by atoms with Gasteiger partial charge >= 0.3 is 5.97 Å². The molecule has 0 saturated carbocycles. The smallest absolute Gasteiger partial charge is 0.336 e. The number of thioether (sulfide) groups is 1. The van der Waals surface area contributed by atoms with Gasteiger partial charge in [0.15, 0.2) is 5.13 Å². The number of thiazole rings is 1. The molecule has 0 aliphatic carbocycles. The van der Waals surface area contributed by atoms with Gasteiger partial charge < -0.3 is 15.7 Å². The Kier molecular flexibility index (Phi) is 7.36. The molecular formula is C25H19N3O4S2. The van der Waals surface area contributed by atoms with Crippen LogP contribution in [0.2, 0.25) is 0 Å². The maximum absolute atomic E-state index is 12.6. The second kappa shape index (κ2) is 10.8. The Balaban J connectivity index is 1.34. The van der Waals surface area contributed by atoms with Crippen molar-refractivity contribution >= 4 is 51.7 Å². The molecule has 0 fully saturated rings. The first kappa shape index (κ1) is 23.2. The molecule has 4 rings (SSSR count). The number of anilines is 2. The fourth-order valence-electron chi connectivity index (χ4n) is 3.11. The molecule has 1 heterocycles. The number of nitrogens with one attached hydrogen (secondary N) is 2. The molecular weight excluding hydrogens is 470 g/mol. The number of hydrogen-bond donors (Lipinski definition) is 3. The van der Waals surface area contributed by atoms with Gasteiger partial charge in [0.05, 0.1) is 22.6 Å². The van der Waals surface area contributed by atoms with Crippen molar-refractivity contribution in [3.05, 3.63) is 95.4 Å². The van der Waals surface area contributed by atoms with Crippen LogP contribution >= 0.6 is 23.1 Å². The summed E-state index contributed by atoms with van der Waals surface area (Å²) in [4.78, 5) is 41.6. The fraction of sp³-hybridized carbons (Fsp3) is 0.0400. The summed E-state index contributed by atoms with van der Waals surface area (Å²) >= 11 is 2.68. The van der Waals surface area contributed by atoms with E-state index in [1.807, 2.05) is 41.8 Å². The third kappa shape index (κ3) is 5.89. The van der Waals surface area contributed by atoms with Crippen LogP contribution in [-0.2, 0) is 4.79 Å². The van der Waals surface area contributed by atoms with Crippen LogP contribution in [0.1, 0.15) is 20.7 Å². The molecule has 0 atom stereocenters. The van der Waals surface area contributed by atoms with Crippen LogP contribution in [0.4, 0.5) is 10.8 Å². The number of aromatic nitrogens is 1. The number of aromatic carboxylic acids is 1. The molecule has 1 aromatic heterocycles. The molecule has 0 spiro atoms. The summed E-state index contributed by atoms with van der Waals surface area (Å²) in [6.07, 6.45) is 0. The van der Waals surface area contributed by atoms with Crippen LogP contribution in [0.3, 0.4) is 0 Å². The molecule has 0 bridgehead atoms. The summed E-state index contributed by atoms with van der Waals surface area (Å²) in [6.45, 7) is 0. The molecule has 7 nitrogen and oxygen atoms in total. The number of rotatable bonds is 8. The minimum Gasteiger partial charge on any atom is -0.478 e. The van der Waals surface area contributed by atoms with E-state index < -0.39 is 11.9 Å². The van der Waals surface area contributed by atoms with Gasteiger partial charge in [-0.2, -0.15) is 0 Å². The second-order valence-corrected chi connectivity index (χ2v) is 8.98. The molecule has 3 aromatic carbocycles. The van der Waals surface area contributed by atoms with Crippen molar-refractivity contribution in [2.24, 2.45) is 0 Å². The molecule has 3 N–H and O–H groups in total. The fourth-order valence-corrected chi connectivity index (χ4v) is 4.60. The highest BCUT2D eigenvalue weighted by Crippen LogP contribution is 2.26. The first-order chi connectivity index (χ1) is 16.5. The van der Waals surface area contributed by atoms with E-state index in [1.54, 1.807) is 30.3 Å². The average molecular weight is 490 g/mol. The van der Waals surface area contributed by atoms with Crippen molar-refractivity contribution in [2.75, 3.05) is 16.4 Å². The highest BCUT2D eigenvalue weighted by atomic mass is 32.2. The standard InChI is InChI=1S/C25H19N3O4S2/c29-22(28-25-27-21(14-34-25)16-7-2-1-3-8-16)15-33-18-10-6-9-17(13-18)26-23(30)19-11-4-5-12-20(19)24(31)32/h1-14H,15H2,(H,26,30)(H,31,32)(H,27,28,29). The van der Waals surface area contributed by atoms with Gasteiger partial charge in [0.2, 0.25) is 5.91 Å². The van der Waals surface area contributed by atoms with E-state index in [1.165, 1.54) is 35.2 Å². The predicted molar refractivity (Wildman–Crippen MR) is 135 cm³/mol. The topological polar surface area (TPSA) is 108 Å². The largest absolute Gasteiger partial charge is 0.478 e. The quantitative estimate of drug-likeness (QED) is 0.282. The van der Waals surface area contributed by atoms with Crippen LogP contribution < -0.4 is 10.6 Å². The third-order valence-corrected chi connectivity index (χ3v) is 6.44. The lowest BCUT2D eigenvalue weighted by molar-refractivity contribution is -0.113. The average Bonchev–Trinajstić information content (AvgIpc) is 3.32. The molecule has 4 aromatic rings. The van der Waals surface area contributed by atoms with E-state index >= 15 is 0 Å². The Morgan fingerprint density at radius 1 is 0.882 bits per heavy atom. The molecule has 9 heteroatoms. The third-order valence-electron chi connectivity index (χ3n) is 4.68. The zero-order valence-corrected chi connectivity index (χ0v) is 19.4. The zero-order valence-electron chi connectivity index (χ0n) is 17.7. The zero-order chi connectivity index (χ0) is 23.9. The van der Waals surface area contributed by atoms with Crippen molar-refractivity contribution in [1.82, 2.24) is 4.98 Å². The van der Waals surface area contributed by atoms with E-state index in [2.05, 4.69) is 15.6 Å². The predicted octanol–water partition coefficient (Wildman–Crippen LogP) is 5.49. The minimum atomic E-state index is -1.17. The number of carboxylic acid groups (broad SMARTS) is 1. The number of carbonyl (C=O) groups is 3. The number of carbonyl (C=O) groups excluding carboxylic acids is 2. The summed E-state index contributed by atoms with van der Waals surface area (Å²) in [7, 11) is 0. The van der Waals surface area contributed by atoms with Crippen molar-refractivity contribution in [3.8, 4) is 11.3 Å². The van der Waals surface area contributed by atoms with E-state index in [-0.39, 0.29) is 22.8 Å².